The molecule has 0 aliphatic carbocycles. The van der Waals surface area contributed by atoms with Gasteiger partial charge in [0.05, 0.1) is 12.0 Å². The SMILES string of the molecule is C=CC[C@H](C#N)c1ccc(F)cc1. The van der Waals surface area contributed by atoms with Crippen LogP contribution in [0, 0.1) is 17.1 Å². The van der Waals surface area contributed by atoms with Gasteiger partial charge in [-0.3, -0.25) is 0 Å². The van der Waals surface area contributed by atoms with E-state index in [4.69, 9.17) is 5.26 Å². The molecule has 0 aliphatic heterocycles. The standard InChI is InChI=1S/C11H10FN/c1-2-3-10(8-13)9-4-6-11(12)7-5-9/h2,4-7,10H,1,3H2/t10-/m1/s1. The molecule has 0 aromatic heterocycles. The largest absolute Gasteiger partial charge is 0.207 e. The van der Waals surface area contributed by atoms with Crippen molar-refractivity contribution in [3.63, 3.8) is 0 Å². The Labute approximate surface area is 77.1 Å². The van der Waals surface area contributed by atoms with Crippen LogP contribution in [0.2, 0.25) is 0 Å². The van der Waals surface area contributed by atoms with Gasteiger partial charge in [-0.15, -0.1) is 6.58 Å². The summed E-state index contributed by atoms with van der Waals surface area (Å²) >= 11 is 0. The van der Waals surface area contributed by atoms with E-state index in [1.165, 1.54) is 12.1 Å². The van der Waals surface area contributed by atoms with Crippen molar-refractivity contribution >= 4 is 0 Å². The monoisotopic (exact) mass is 175 g/mol. The van der Waals surface area contributed by atoms with Crippen molar-refractivity contribution in [2.45, 2.75) is 12.3 Å². The highest BCUT2D eigenvalue weighted by molar-refractivity contribution is 5.25. The molecule has 0 unspecified atom stereocenters. The summed E-state index contributed by atoms with van der Waals surface area (Å²) in [5.74, 6) is -0.489. The molecule has 0 spiro atoms. The van der Waals surface area contributed by atoms with Gasteiger partial charge in [0.25, 0.3) is 0 Å². The predicted octanol–water partition coefficient (Wildman–Crippen LogP) is 3.01. The molecule has 0 radical (unpaired) electrons. The highest BCUT2D eigenvalue weighted by Gasteiger charge is 2.07. The quantitative estimate of drug-likeness (QED) is 0.648. The summed E-state index contributed by atoms with van der Waals surface area (Å²) in [6.45, 7) is 3.57. The van der Waals surface area contributed by atoms with Crippen LogP contribution in [0.4, 0.5) is 4.39 Å². The summed E-state index contributed by atoms with van der Waals surface area (Å²) < 4.78 is 12.5. The van der Waals surface area contributed by atoms with Gasteiger partial charge in [-0.25, -0.2) is 4.39 Å². The third-order valence-electron chi connectivity index (χ3n) is 1.83. The number of rotatable bonds is 3. The van der Waals surface area contributed by atoms with Crippen molar-refractivity contribution in [3.8, 4) is 6.07 Å². The first-order valence-electron chi connectivity index (χ1n) is 4.04. The van der Waals surface area contributed by atoms with Gasteiger partial charge in [-0.05, 0) is 24.1 Å². The fourth-order valence-corrected chi connectivity index (χ4v) is 1.13. The Morgan fingerprint density at radius 1 is 1.46 bits per heavy atom. The second kappa shape index (κ2) is 4.42. The highest BCUT2D eigenvalue weighted by Crippen LogP contribution is 2.19. The highest BCUT2D eigenvalue weighted by atomic mass is 19.1. The van der Waals surface area contributed by atoms with Gasteiger partial charge in [-0.2, -0.15) is 5.26 Å². The van der Waals surface area contributed by atoms with Crippen molar-refractivity contribution in [1.29, 1.82) is 5.26 Å². The minimum Gasteiger partial charge on any atom is -0.207 e. The van der Waals surface area contributed by atoms with Crippen LogP contribution in [-0.2, 0) is 0 Å². The molecule has 0 aliphatic rings. The zero-order valence-corrected chi connectivity index (χ0v) is 7.20. The zero-order valence-electron chi connectivity index (χ0n) is 7.20. The topological polar surface area (TPSA) is 23.8 Å². The molecule has 2 heteroatoms. The van der Waals surface area contributed by atoms with Crippen LogP contribution in [0.25, 0.3) is 0 Å². The number of hydrogen-bond donors (Lipinski definition) is 0. The van der Waals surface area contributed by atoms with Gasteiger partial charge in [0.15, 0.2) is 0 Å². The normalized spacial score (nSPS) is 11.7. The van der Waals surface area contributed by atoms with E-state index < -0.39 is 0 Å². The maximum atomic E-state index is 12.5. The molecular formula is C11H10FN. The lowest BCUT2D eigenvalue weighted by molar-refractivity contribution is 0.626. The summed E-state index contributed by atoms with van der Waals surface area (Å²) in [5, 5.41) is 8.79. The van der Waals surface area contributed by atoms with Crippen LogP contribution >= 0.6 is 0 Å². The predicted molar refractivity (Wildman–Crippen MR) is 49.6 cm³/mol. The first kappa shape index (κ1) is 9.47. The molecule has 1 aromatic rings. The number of benzene rings is 1. The van der Waals surface area contributed by atoms with Gasteiger partial charge >= 0.3 is 0 Å². The van der Waals surface area contributed by atoms with Crippen molar-refractivity contribution < 1.29 is 4.39 Å². The molecular weight excluding hydrogens is 165 g/mol. The van der Waals surface area contributed by atoms with E-state index >= 15 is 0 Å². The maximum Gasteiger partial charge on any atom is 0.123 e. The van der Waals surface area contributed by atoms with Crippen molar-refractivity contribution in [2.24, 2.45) is 0 Å². The third-order valence-corrected chi connectivity index (χ3v) is 1.83. The van der Waals surface area contributed by atoms with Crippen LogP contribution in [0.5, 0.6) is 0 Å². The van der Waals surface area contributed by atoms with E-state index in [1.807, 2.05) is 0 Å². The Kier molecular flexibility index (Phi) is 3.22. The third kappa shape index (κ3) is 2.41. The average Bonchev–Trinajstić information content (AvgIpc) is 2.16. The summed E-state index contributed by atoms with van der Waals surface area (Å²) in [7, 11) is 0. The molecule has 0 fully saturated rings. The Hall–Kier alpha value is -1.62. The maximum absolute atomic E-state index is 12.5. The molecule has 0 saturated carbocycles. The van der Waals surface area contributed by atoms with E-state index in [9.17, 15) is 4.39 Å². The Bertz CT molecular complexity index is 321. The van der Waals surface area contributed by atoms with E-state index in [2.05, 4.69) is 12.6 Å². The number of halogens is 1. The van der Waals surface area contributed by atoms with E-state index in [-0.39, 0.29) is 11.7 Å². The van der Waals surface area contributed by atoms with Gasteiger partial charge in [0, 0.05) is 0 Å². The van der Waals surface area contributed by atoms with Crippen LogP contribution < -0.4 is 0 Å². The Morgan fingerprint density at radius 2 is 2.08 bits per heavy atom. The van der Waals surface area contributed by atoms with Crippen LogP contribution in [0.1, 0.15) is 17.9 Å². The Balaban J connectivity index is 2.87. The summed E-state index contributed by atoms with van der Waals surface area (Å²) in [4.78, 5) is 0. The molecule has 0 N–H and O–H groups in total. The van der Waals surface area contributed by atoms with Gasteiger partial charge in [0.1, 0.15) is 5.82 Å². The molecule has 1 aromatic carbocycles. The first-order chi connectivity index (χ1) is 6.27. The van der Waals surface area contributed by atoms with Gasteiger partial charge in [-0.1, -0.05) is 18.2 Å². The molecule has 1 nitrogen and oxygen atoms in total. The summed E-state index contributed by atoms with van der Waals surface area (Å²) in [6, 6.07) is 8.14. The number of allylic oxidation sites excluding steroid dienone is 1. The lowest BCUT2D eigenvalue weighted by Gasteiger charge is -2.05. The first-order valence-corrected chi connectivity index (χ1v) is 4.04. The van der Waals surface area contributed by atoms with Gasteiger partial charge < -0.3 is 0 Å². The molecule has 66 valence electrons. The zero-order chi connectivity index (χ0) is 9.68. The summed E-state index contributed by atoms with van der Waals surface area (Å²) in [6.07, 6.45) is 2.29. The van der Waals surface area contributed by atoms with E-state index in [0.29, 0.717) is 6.42 Å². The molecule has 13 heavy (non-hydrogen) atoms. The van der Waals surface area contributed by atoms with Crippen LogP contribution in [0.3, 0.4) is 0 Å². The lowest BCUT2D eigenvalue weighted by atomic mass is 9.97. The number of nitriles is 1. The fourth-order valence-electron chi connectivity index (χ4n) is 1.13. The minimum absolute atomic E-state index is 0.210. The smallest absolute Gasteiger partial charge is 0.123 e. The van der Waals surface area contributed by atoms with Crippen molar-refractivity contribution in [3.05, 3.63) is 48.3 Å². The molecule has 0 saturated heterocycles. The second-order valence-electron chi connectivity index (χ2n) is 2.76. The molecule has 0 bridgehead atoms. The molecule has 0 heterocycles. The lowest BCUT2D eigenvalue weighted by Crippen LogP contribution is -1.93. The second-order valence-corrected chi connectivity index (χ2v) is 2.76. The van der Waals surface area contributed by atoms with Gasteiger partial charge in [0.2, 0.25) is 0 Å². The fraction of sp³-hybridized carbons (Fsp3) is 0.182. The molecule has 1 atom stereocenters. The Morgan fingerprint density at radius 3 is 2.54 bits per heavy atom. The average molecular weight is 175 g/mol. The van der Waals surface area contributed by atoms with Crippen LogP contribution in [0.15, 0.2) is 36.9 Å². The molecule has 0 amide bonds. The molecule has 1 rings (SSSR count). The van der Waals surface area contributed by atoms with E-state index in [0.717, 1.165) is 5.56 Å². The van der Waals surface area contributed by atoms with Crippen molar-refractivity contribution in [2.75, 3.05) is 0 Å². The van der Waals surface area contributed by atoms with Crippen molar-refractivity contribution in [1.82, 2.24) is 0 Å². The number of hydrogen-bond acceptors (Lipinski definition) is 1. The van der Waals surface area contributed by atoms with Crippen LogP contribution in [-0.4, -0.2) is 0 Å². The van der Waals surface area contributed by atoms with E-state index in [1.54, 1.807) is 18.2 Å². The summed E-state index contributed by atoms with van der Waals surface area (Å²) in [5.41, 5.74) is 0.837. The number of nitrogens with zero attached hydrogens (tertiary/aromatic N) is 1. The minimum atomic E-state index is -0.279.